The summed E-state index contributed by atoms with van der Waals surface area (Å²) in [7, 11) is 0. The number of nitrogens with zero attached hydrogens (tertiary/aromatic N) is 2. The first-order valence-corrected chi connectivity index (χ1v) is 7.69. The molecule has 3 heteroatoms. The first-order chi connectivity index (χ1) is 8.93. The lowest BCUT2D eigenvalue weighted by Crippen LogP contribution is -1.93. The summed E-state index contributed by atoms with van der Waals surface area (Å²) in [6, 6.07) is 1.88. The van der Waals surface area contributed by atoms with Crippen LogP contribution < -0.4 is 0 Å². The van der Waals surface area contributed by atoms with E-state index in [2.05, 4.69) is 16.9 Å². The van der Waals surface area contributed by atoms with Crippen LogP contribution in [0.4, 0.5) is 0 Å². The minimum Gasteiger partial charge on any atom is -0.241 e. The molecule has 0 radical (unpaired) electrons. The van der Waals surface area contributed by atoms with E-state index in [4.69, 9.17) is 0 Å². The van der Waals surface area contributed by atoms with Crippen molar-refractivity contribution in [2.75, 3.05) is 0 Å². The molecule has 0 aliphatic carbocycles. The van der Waals surface area contributed by atoms with Gasteiger partial charge in [0.15, 0.2) is 0 Å². The van der Waals surface area contributed by atoms with Crippen LogP contribution in [0, 0.1) is 0 Å². The van der Waals surface area contributed by atoms with Crippen molar-refractivity contribution in [2.24, 2.45) is 0 Å². The molecular formula is C16H29ClN2. The molecule has 0 saturated carbocycles. The van der Waals surface area contributed by atoms with Gasteiger partial charge in [-0.15, -0.1) is 12.4 Å². The Morgan fingerprint density at radius 1 is 0.737 bits per heavy atom. The molecule has 0 amide bonds. The zero-order chi connectivity index (χ0) is 12.9. The van der Waals surface area contributed by atoms with Crippen molar-refractivity contribution in [3.8, 4) is 0 Å². The fourth-order valence-corrected chi connectivity index (χ4v) is 2.23. The highest BCUT2D eigenvalue weighted by Crippen LogP contribution is 2.11. The molecular weight excluding hydrogens is 256 g/mol. The van der Waals surface area contributed by atoms with Crippen LogP contribution in [0.5, 0.6) is 0 Å². The average molecular weight is 285 g/mol. The van der Waals surface area contributed by atoms with Crippen LogP contribution in [0.1, 0.15) is 77.0 Å². The number of rotatable bonds is 11. The Hall–Kier alpha value is -0.630. The molecule has 19 heavy (non-hydrogen) atoms. The van der Waals surface area contributed by atoms with Crippen molar-refractivity contribution >= 4 is 12.4 Å². The maximum Gasteiger partial charge on any atom is 0.128 e. The van der Waals surface area contributed by atoms with Crippen molar-refractivity contribution in [1.29, 1.82) is 0 Å². The molecule has 0 N–H and O–H groups in total. The first-order valence-electron chi connectivity index (χ1n) is 7.69. The number of halogens is 1. The van der Waals surface area contributed by atoms with Crippen LogP contribution in [0.15, 0.2) is 18.5 Å². The van der Waals surface area contributed by atoms with Gasteiger partial charge in [0.2, 0.25) is 0 Å². The molecule has 0 atom stereocenters. The fraction of sp³-hybridized carbons (Fsp3) is 0.750. The van der Waals surface area contributed by atoms with Gasteiger partial charge >= 0.3 is 0 Å². The summed E-state index contributed by atoms with van der Waals surface area (Å²) in [6.45, 7) is 2.27. The maximum absolute atomic E-state index is 4.24. The van der Waals surface area contributed by atoms with Crippen molar-refractivity contribution in [1.82, 2.24) is 9.97 Å². The van der Waals surface area contributed by atoms with Gasteiger partial charge in [0, 0.05) is 18.8 Å². The number of hydrogen-bond acceptors (Lipinski definition) is 2. The quantitative estimate of drug-likeness (QED) is 0.511. The van der Waals surface area contributed by atoms with Crippen LogP contribution in [0.25, 0.3) is 0 Å². The summed E-state index contributed by atoms with van der Waals surface area (Å²) in [5.41, 5.74) is 0. The van der Waals surface area contributed by atoms with E-state index in [1.165, 1.54) is 64.2 Å². The third-order valence-electron chi connectivity index (χ3n) is 3.37. The first kappa shape index (κ1) is 18.4. The van der Waals surface area contributed by atoms with Gasteiger partial charge in [-0.05, 0) is 12.5 Å². The number of hydrogen-bond donors (Lipinski definition) is 0. The third kappa shape index (κ3) is 10.9. The third-order valence-corrected chi connectivity index (χ3v) is 3.37. The molecule has 0 aliphatic heterocycles. The van der Waals surface area contributed by atoms with E-state index < -0.39 is 0 Å². The minimum absolute atomic E-state index is 0. The molecule has 1 heterocycles. The molecule has 1 aromatic heterocycles. The predicted octanol–water partition coefficient (Wildman–Crippen LogP) is 5.36. The SMILES string of the molecule is CCCCCCCCCCCCc1ncccn1.Cl. The molecule has 1 aromatic rings. The lowest BCUT2D eigenvalue weighted by molar-refractivity contribution is 0.554. The smallest absolute Gasteiger partial charge is 0.128 e. The topological polar surface area (TPSA) is 25.8 Å². The average Bonchev–Trinajstić information content (AvgIpc) is 2.42. The fourth-order valence-electron chi connectivity index (χ4n) is 2.23. The summed E-state index contributed by atoms with van der Waals surface area (Å²) in [6.07, 6.45) is 18.5. The molecule has 0 bridgehead atoms. The molecule has 0 fully saturated rings. The number of aromatic nitrogens is 2. The Labute approximate surface area is 124 Å². The minimum atomic E-state index is 0. The largest absolute Gasteiger partial charge is 0.241 e. The van der Waals surface area contributed by atoms with Gasteiger partial charge in [-0.25, -0.2) is 9.97 Å². The van der Waals surface area contributed by atoms with Gasteiger partial charge in [-0.2, -0.15) is 0 Å². The second kappa shape index (κ2) is 13.8. The maximum atomic E-state index is 4.24. The molecule has 0 spiro atoms. The molecule has 0 aromatic carbocycles. The van der Waals surface area contributed by atoms with Crippen molar-refractivity contribution in [3.05, 3.63) is 24.3 Å². The lowest BCUT2D eigenvalue weighted by atomic mass is 10.1. The Kier molecular flexibility index (Phi) is 13.3. The van der Waals surface area contributed by atoms with Gasteiger partial charge in [0.05, 0.1) is 0 Å². The lowest BCUT2D eigenvalue weighted by Gasteiger charge is -2.02. The van der Waals surface area contributed by atoms with Crippen molar-refractivity contribution in [2.45, 2.75) is 77.6 Å². The summed E-state index contributed by atoms with van der Waals surface area (Å²) >= 11 is 0. The molecule has 1 rings (SSSR count). The Bertz CT molecular complexity index is 277. The van der Waals surface area contributed by atoms with E-state index in [0.29, 0.717) is 0 Å². The van der Waals surface area contributed by atoms with Crippen LogP contribution in [0.2, 0.25) is 0 Å². The Morgan fingerprint density at radius 2 is 1.21 bits per heavy atom. The van der Waals surface area contributed by atoms with E-state index in [9.17, 15) is 0 Å². The molecule has 2 nitrogen and oxygen atoms in total. The van der Waals surface area contributed by atoms with E-state index in [0.717, 1.165) is 12.2 Å². The second-order valence-electron chi connectivity index (χ2n) is 5.10. The summed E-state index contributed by atoms with van der Waals surface area (Å²) in [5, 5.41) is 0. The van der Waals surface area contributed by atoms with E-state index >= 15 is 0 Å². The van der Waals surface area contributed by atoms with Gasteiger partial charge in [0.25, 0.3) is 0 Å². The predicted molar refractivity (Wildman–Crippen MR) is 84.8 cm³/mol. The van der Waals surface area contributed by atoms with Gasteiger partial charge in [-0.3, -0.25) is 0 Å². The second-order valence-corrected chi connectivity index (χ2v) is 5.10. The van der Waals surface area contributed by atoms with Crippen LogP contribution in [-0.4, -0.2) is 9.97 Å². The zero-order valence-corrected chi connectivity index (χ0v) is 13.1. The highest BCUT2D eigenvalue weighted by molar-refractivity contribution is 5.85. The van der Waals surface area contributed by atoms with Crippen molar-refractivity contribution in [3.63, 3.8) is 0 Å². The Morgan fingerprint density at radius 3 is 1.74 bits per heavy atom. The summed E-state index contributed by atoms with van der Waals surface area (Å²) < 4.78 is 0. The Balaban J connectivity index is 0.00000324. The van der Waals surface area contributed by atoms with E-state index in [1.54, 1.807) is 0 Å². The monoisotopic (exact) mass is 284 g/mol. The van der Waals surface area contributed by atoms with Crippen LogP contribution >= 0.6 is 12.4 Å². The standard InChI is InChI=1S/C16H28N2.ClH/c1-2-3-4-5-6-7-8-9-10-11-13-16-17-14-12-15-18-16;/h12,14-15H,2-11,13H2,1H3;1H. The number of aryl methyl sites for hydroxylation is 1. The molecule has 0 aliphatic rings. The van der Waals surface area contributed by atoms with Gasteiger partial charge in [0.1, 0.15) is 5.82 Å². The highest BCUT2D eigenvalue weighted by atomic mass is 35.5. The highest BCUT2D eigenvalue weighted by Gasteiger charge is 1.95. The summed E-state index contributed by atoms with van der Waals surface area (Å²) in [4.78, 5) is 8.49. The normalized spacial score (nSPS) is 10.2. The van der Waals surface area contributed by atoms with Gasteiger partial charge < -0.3 is 0 Å². The molecule has 0 saturated heterocycles. The van der Waals surface area contributed by atoms with E-state index in [-0.39, 0.29) is 12.4 Å². The summed E-state index contributed by atoms with van der Waals surface area (Å²) in [5.74, 6) is 0.997. The van der Waals surface area contributed by atoms with Crippen LogP contribution in [-0.2, 0) is 6.42 Å². The van der Waals surface area contributed by atoms with Crippen LogP contribution in [0.3, 0.4) is 0 Å². The van der Waals surface area contributed by atoms with Gasteiger partial charge in [-0.1, -0.05) is 64.7 Å². The molecule has 110 valence electrons. The van der Waals surface area contributed by atoms with Crippen molar-refractivity contribution < 1.29 is 0 Å². The zero-order valence-electron chi connectivity index (χ0n) is 12.3. The molecule has 0 unspecified atom stereocenters. The van der Waals surface area contributed by atoms with E-state index in [1.807, 2.05) is 18.5 Å². The number of unbranched alkanes of at least 4 members (excludes halogenated alkanes) is 9.